The smallest absolute Gasteiger partial charge is 0.325 e. The van der Waals surface area contributed by atoms with Crippen molar-refractivity contribution in [3.63, 3.8) is 0 Å². The normalized spacial score (nSPS) is 29.1. The lowest BCUT2D eigenvalue weighted by Crippen LogP contribution is -2.64. The van der Waals surface area contributed by atoms with Crippen LogP contribution in [0.25, 0.3) is 11.1 Å². The fourth-order valence-corrected chi connectivity index (χ4v) is 20.4. The van der Waals surface area contributed by atoms with E-state index in [1.807, 2.05) is 41.5 Å². The molecule has 6 fully saturated rings. The number of phenols is 3. The molecule has 17 rings (SSSR count). The van der Waals surface area contributed by atoms with Crippen LogP contribution in [-0.2, 0) is 52.6 Å². The van der Waals surface area contributed by atoms with Crippen LogP contribution in [0.2, 0.25) is 10.0 Å². The summed E-state index contributed by atoms with van der Waals surface area (Å²) in [7, 11) is 0. The molecule has 18 atom stereocenters. The van der Waals surface area contributed by atoms with Gasteiger partial charge in [-0.1, -0.05) is 89.9 Å². The highest BCUT2D eigenvalue weighted by molar-refractivity contribution is 6.32. The maximum Gasteiger partial charge on any atom is 0.325 e. The summed E-state index contributed by atoms with van der Waals surface area (Å²) < 4.78 is 51.4. The number of anilines is 1. The van der Waals surface area contributed by atoms with Crippen molar-refractivity contribution in [3.8, 4) is 68.6 Å². The largest absolute Gasteiger partial charge is 0.508 e. The van der Waals surface area contributed by atoms with Gasteiger partial charge in [-0.05, 0) is 202 Å². The zero-order valence-corrected chi connectivity index (χ0v) is 77.8. The lowest BCUT2D eigenvalue weighted by molar-refractivity contribution is -0.333. The topological polar surface area (TPSA) is 532 Å². The van der Waals surface area contributed by atoms with Crippen molar-refractivity contribution in [1.29, 1.82) is 0 Å². The van der Waals surface area contributed by atoms with Crippen molar-refractivity contribution >= 4 is 81.8 Å². The summed E-state index contributed by atoms with van der Waals surface area (Å²) in [5.41, 5.74) is 3.53. The van der Waals surface area contributed by atoms with Gasteiger partial charge in [-0.3, -0.25) is 43.7 Å². The number of ether oxygens (including phenoxy) is 8. The predicted octanol–water partition coefficient (Wildman–Crippen LogP) is 9.33. The summed E-state index contributed by atoms with van der Waals surface area (Å²) in [4.78, 5) is 141. The first-order valence-electron chi connectivity index (χ1n) is 46.1. The van der Waals surface area contributed by atoms with Gasteiger partial charge in [0, 0.05) is 79.9 Å². The summed E-state index contributed by atoms with van der Waals surface area (Å²) >= 11 is 14.6. The van der Waals surface area contributed by atoms with Crippen LogP contribution in [0.4, 0.5) is 10.5 Å². The van der Waals surface area contributed by atoms with E-state index in [0.29, 0.717) is 50.2 Å². The Kier molecular flexibility index (Phi) is 33.3. The maximum atomic E-state index is 16.9. The molecule has 134 heavy (non-hydrogen) atoms. The van der Waals surface area contributed by atoms with Crippen molar-refractivity contribution in [3.05, 3.63) is 135 Å². The minimum Gasteiger partial charge on any atom is -0.508 e. The average Bonchev–Trinajstić information content (AvgIpc) is 0.755. The molecular weight excluding hydrogens is 1780 g/mol. The number of halogens is 2. The molecule has 0 spiro atoms. The first kappa shape index (κ1) is 101. The van der Waals surface area contributed by atoms with E-state index in [1.54, 1.807) is 13.0 Å². The van der Waals surface area contributed by atoms with E-state index in [2.05, 4.69) is 42.5 Å². The van der Waals surface area contributed by atoms with E-state index >= 15 is 33.6 Å². The number of likely N-dealkylation sites (N-methyl/N-ethyl adjacent to an activating group) is 2. The van der Waals surface area contributed by atoms with Gasteiger partial charge < -0.3 is 127 Å². The number of benzene rings is 6. The van der Waals surface area contributed by atoms with Crippen LogP contribution in [-0.4, -0.2) is 212 Å². The van der Waals surface area contributed by atoms with Crippen molar-refractivity contribution in [2.75, 3.05) is 51.3 Å². The van der Waals surface area contributed by atoms with Crippen molar-refractivity contribution in [1.82, 2.24) is 37.2 Å². The number of aliphatic hydroxyl groups is 6. The number of nitrogens with one attached hydrogen (secondary N) is 8. The van der Waals surface area contributed by atoms with Crippen LogP contribution >= 0.6 is 23.2 Å². The average molecular weight is 1900 g/mol. The van der Waals surface area contributed by atoms with Gasteiger partial charge in [0.25, 0.3) is 0 Å². The Balaban J connectivity index is 0.00000756. The molecule has 0 radical (unpaired) electrons. The Morgan fingerprint density at radius 3 is 1.91 bits per heavy atom. The number of carbonyl (C=O) groups is 9. The molecule has 15 bridgehead atoms. The van der Waals surface area contributed by atoms with Crippen molar-refractivity contribution in [2.24, 2.45) is 53.1 Å². The number of aromatic hydroxyl groups is 3. The number of ketones is 3. The number of hydrogen-bond acceptors (Lipinski definition) is 29. The van der Waals surface area contributed by atoms with Crippen molar-refractivity contribution < 1.29 is 127 Å². The summed E-state index contributed by atoms with van der Waals surface area (Å²) in [6, 6.07) is 10.3. The number of fused-ring (bicyclic) bond motifs is 15. The molecule has 35 nitrogen and oxygen atoms in total. The van der Waals surface area contributed by atoms with Crippen LogP contribution < -0.4 is 72.0 Å². The molecule has 6 aromatic carbocycles. The number of imide groups is 1. The Labute approximate surface area is 786 Å². The zero-order valence-electron chi connectivity index (χ0n) is 76.3. The number of phenolic OH excluding ortho intramolecular Hbond substituents is 3. The molecule has 0 aromatic heterocycles. The van der Waals surface area contributed by atoms with Gasteiger partial charge >= 0.3 is 6.03 Å². The molecule has 726 valence electrons. The van der Waals surface area contributed by atoms with E-state index < -0.39 is 228 Å². The van der Waals surface area contributed by atoms with Crippen molar-refractivity contribution in [2.45, 2.75) is 236 Å². The van der Waals surface area contributed by atoms with Gasteiger partial charge in [-0.2, -0.15) is 0 Å². The maximum absolute atomic E-state index is 16.9. The van der Waals surface area contributed by atoms with E-state index in [4.69, 9.17) is 66.8 Å². The van der Waals surface area contributed by atoms with E-state index in [-0.39, 0.29) is 123 Å². The number of urea groups is 1. The minimum absolute atomic E-state index is 0.0487. The molecule has 7 aliphatic heterocycles. The highest BCUT2D eigenvalue weighted by Crippen LogP contribution is 2.59. The summed E-state index contributed by atoms with van der Waals surface area (Å²) in [6.45, 7) is 17.9. The predicted molar refractivity (Wildman–Crippen MR) is 489 cm³/mol. The van der Waals surface area contributed by atoms with Gasteiger partial charge in [-0.25, -0.2) is 4.79 Å². The van der Waals surface area contributed by atoms with Gasteiger partial charge in [0.2, 0.25) is 41.6 Å². The van der Waals surface area contributed by atoms with E-state index in [0.717, 1.165) is 68.5 Å². The molecule has 7 amide bonds. The molecule has 7 heterocycles. The van der Waals surface area contributed by atoms with Gasteiger partial charge in [-0.15, -0.1) is 0 Å². The molecule has 6 aromatic rings. The Morgan fingerprint density at radius 1 is 0.664 bits per heavy atom. The third kappa shape index (κ3) is 23.1. The third-order valence-corrected chi connectivity index (χ3v) is 27.2. The third-order valence-electron chi connectivity index (χ3n) is 26.6. The number of nitrogens with two attached hydrogens (primary N) is 1. The molecule has 2 saturated heterocycles. The Bertz CT molecular complexity index is 5270. The SMILES string of the molecule is CC.CCNCCOc1ccc(NC(=O)NC(=O)C[C@@H]2CC(=O)[C@H](NC(=O)[C@H](CC)CC(C)C)[C@H](O)c3ccc(c(Cl)c3)Oc3cc4cc(c3O[C@@H]3O[C@H](CO)[C@@H](O)[C@H](O)[C@H]3O[C@H]3C[C@](C)(N)[C@H](O)[C@H](C)O3)Oc3ccc(cc3Cl)[C@@H](O)[C@@H]3NC(=O)[C@H](CC(=O)[C@@H]4NC2=O)c2ccc(O)c(c2)-c2c(O)cc(O)cc2[C@@H](C(=O)CC2C4CC5CC(C4)CC2C5)NC3=O)c(OCCNCC)c1. The Hall–Kier alpha value is -10.4. The lowest BCUT2D eigenvalue weighted by Gasteiger charge is -2.54. The summed E-state index contributed by atoms with van der Waals surface area (Å²) in [6.07, 6.45) is -15.9. The minimum atomic E-state index is -2.28. The molecule has 4 saturated carbocycles. The van der Waals surface area contributed by atoms with Crippen LogP contribution in [0.1, 0.15) is 197 Å². The number of hydrogen-bond donors (Lipinski definition) is 18. The lowest BCUT2D eigenvalue weighted by atomic mass is 9.51. The second-order valence-corrected chi connectivity index (χ2v) is 37.4. The first-order chi connectivity index (χ1) is 64.0. The molecule has 19 N–H and O–H groups in total. The molecule has 37 heteroatoms. The van der Waals surface area contributed by atoms with Crippen LogP contribution in [0, 0.1) is 47.3 Å². The van der Waals surface area contributed by atoms with E-state index in [9.17, 15) is 55.5 Å². The number of rotatable bonds is 26. The monoisotopic (exact) mass is 1900 g/mol. The fourth-order valence-electron chi connectivity index (χ4n) is 20.0. The van der Waals surface area contributed by atoms with Crippen LogP contribution in [0.5, 0.6) is 57.5 Å². The number of aliphatic hydroxyl groups excluding tert-OH is 6. The molecule has 4 aliphatic carbocycles. The second kappa shape index (κ2) is 44.2. The highest BCUT2D eigenvalue weighted by Gasteiger charge is 2.54. The molecule has 11 aliphatic rings. The Morgan fingerprint density at radius 2 is 1.30 bits per heavy atom. The summed E-state index contributed by atoms with van der Waals surface area (Å²) in [5.74, 6) is -16.1. The fraction of sp³-hybridized carbons (Fsp3) is 0.536. The van der Waals surface area contributed by atoms with Crippen LogP contribution in [0.3, 0.4) is 0 Å². The number of carbonyl (C=O) groups excluding carboxylic acids is 9. The molecular formula is C97H123Cl2N9O26. The van der Waals surface area contributed by atoms with E-state index in [1.165, 1.54) is 68.4 Å². The number of Topliss-reactive ketones (excluding diaryl/α,β-unsaturated/α-hetero) is 3. The molecule has 0 unspecified atom stereocenters. The second-order valence-electron chi connectivity index (χ2n) is 36.6. The van der Waals surface area contributed by atoms with Crippen LogP contribution in [0.15, 0.2) is 97.1 Å². The first-order valence-corrected chi connectivity index (χ1v) is 46.9. The quantitative estimate of drug-likeness (QED) is 0.0225. The van der Waals surface area contributed by atoms with Gasteiger partial charge in [0.1, 0.15) is 108 Å². The highest BCUT2D eigenvalue weighted by atomic mass is 35.5. The van der Waals surface area contributed by atoms with Gasteiger partial charge in [0.15, 0.2) is 41.2 Å². The van der Waals surface area contributed by atoms with Gasteiger partial charge in [0.05, 0.1) is 46.4 Å². The standard InChI is InChI=1S/C95H117Cl2N9O26.C2H6/c1-8-47(23-43(4)5)89(120)105-80-66(111)32-54(35-75(114)102-94(124)101-63-15-14-56(125-21-19-99-9-2)38-71(63)126-22-20-100-10-3)90(121)103-78-53-33-72(128-69-17-12-49(82(80)115)30-61(69)96)86(132-93-87(85(118)84(117)74(42-107)130-93)131-76-41-95(7,98)88(119)44(6)127-76)73(34-53)129-70-18-13-50(31-62(70)97)83(116)81-92(123)104-79(68(113)39-57-51-25-45-24-46(27-51)28-52(57)26-45)60-36-55(108)37-65(110)77(60)59-29-48(11-16-64(59)109)58(40-67(78)112)91(122)106-81;1-2/h11-18,29-31,33-34,36-38,43-47,51-52,54,57-58,74,76,78-85,87-88,93,99-100,107-110,115-119H,8-10,19-28,32,35,39-42,98H2,1-7H3,(H,103,121)(H,104,123)(H,105,120)(H,106,122)(H2,101,102,114,124);1-2H3/t44-,45?,46?,47+,51?,52?,54-,57?,58+,74+,76-,78+,79-,80-,81-,82+,83+,84+,85-,87+,88+,93-,95-;/m0./s1. The summed E-state index contributed by atoms with van der Waals surface area (Å²) in [5, 5.41) is 129. The zero-order chi connectivity index (χ0) is 96.6. The number of amides is 7.